The first kappa shape index (κ1) is 19.9. The van der Waals surface area contributed by atoms with E-state index in [2.05, 4.69) is 5.32 Å². The van der Waals surface area contributed by atoms with Gasteiger partial charge in [-0.3, -0.25) is 14.5 Å². The minimum atomic E-state index is -1.03. The molecule has 0 bridgehead atoms. The van der Waals surface area contributed by atoms with Gasteiger partial charge in [-0.05, 0) is 51.9 Å². The van der Waals surface area contributed by atoms with Crippen LogP contribution in [0.3, 0.4) is 0 Å². The third-order valence-corrected chi connectivity index (χ3v) is 4.39. The number of carbonyl (C=O) groups excluding carboxylic acids is 2. The van der Waals surface area contributed by atoms with Gasteiger partial charge in [-0.1, -0.05) is 6.07 Å². The number of carbonyl (C=O) groups is 3. The average Bonchev–Trinajstić information content (AvgIpc) is 2.87. The fraction of sp³-hybridized carbons (Fsp3) is 0.526. The number of likely N-dealkylation sites (tertiary alicyclic amines) is 1. The monoisotopic (exact) mass is 361 g/mol. The first-order valence-corrected chi connectivity index (χ1v) is 8.68. The molecule has 1 aliphatic rings. The van der Waals surface area contributed by atoms with E-state index in [1.165, 1.54) is 12.1 Å². The number of nitrogens with zero attached hydrogens (tertiary/aromatic N) is 2. The number of carboxylic acid groups (broad SMARTS) is 1. The van der Waals surface area contributed by atoms with E-state index in [0.717, 1.165) is 0 Å². The molecule has 7 nitrogen and oxygen atoms in total. The Morgan fingerprint density at radius 1 is 1.35 bits per heavy atom. The number of likely N-dealkylation sites (N-methyl/N-ethyl adjacent to an activating group) is 1. The quantitative estimate of drug-likeness (QED) is 0.808. The Hall–Kier alpha value is -2.41. The van der Waals surface area contributed by atoms with Crippen LogP contribution in [-0.2, 0) is 9.59 Å². The van der Waals surface area contributed by atoms with Gasteiger partial charge in [-0.15, -0.1) is 0 Å². The SMILES string of the molecule is CN(CC(=O)Nc1cccc(C(=O)O)c1)C[C@@H]1CC(=O)N(C(C)(C)C)C1. The molecule has 0 saturated carbocycles. The minimum absolute atomic E-state index is 0.128. The number of nitrogens with one attached hydrogen (secondary N) is 1. The number of hydrogen-bond acceptors (Lipinski definition) is 4. The van der Waals surface area contributed by atoms with Crippen molar-refractivity contribution in [2.24, 2.45) is 5.92 Å². The molecule has 1 aliphatic heterocycles. The van der Waals surface area contributed by atoms with Gasteiger partial charge in [0.05, 0.1) is 12.1 Å². The average molecular weight is 361 g/mol. The Labute approximate surface area is 154 Å². The highest BCUT2D eigenvalue weighted by Gasteiger charge is 2.36. The van der Waals surface area contributed by atoms with E-state index in [9.17, 15) is 14.4 Å². The molecule has 26 heavy (non-hydrogen) atoms. The van der Waals surface area contributed by atoms with Gasteiger partial charge in [-0.2, -0.15) is 0 Å². The molecule has 2 rings (SSSR count). The van der Waals surface area contributed by atoms with Gasteiger partial charge >= 0.3 is 5.97 Å². The van der Waals surface area contributed by atoms with Crippen molar-refractivity contribution in [2.75, 3.05) is 32.0 Å². The maximum Gasteiger partial charge on any atom is 0.335 e. The summed E-state index contributed by atoms with van der Waals surface area (Å²) >= 11 is 0. The zero-order valence-electron chi connectivity index (χ0n) is 15.8. The summed E-state index contributed by atoms with van der Waals surface area (Å²) in [6, 6.07) is 6.15. The Morgan fingerprint density at radius 3 is 2.62 bits per heavy atom. The second kappa shape index (κ2) is 7.86. The molecular formula is C19H27N3O4. The van der Waals surface area contributed by atoms with Crippen molar-refractivity contribution in [1.29, 1.82) is 0 Å². The van der Waals surface area contributed by atoms with Gasteiger partial charge in [0.2, 0.25) is 11.8 Å². The minimum Gasteiger partial charge on any atom is -0.478 e. The van der Waals surface area contributed by atoms with Crippen molar-refractivity contribution in [3.05, 3.63) is 29.8 Å². The lowest BCUT2D eigenvalue weighted by Crippen LogP contribution is -2.43. The zero-order chi connectivity index (χ0) is 19.5. The van der Waals surface area contributed by atoms with Crippen molar-refractivity contribution in [3.8, 4) is 0 Å². The van der Waals surface area contributed by atoms with Gasteiger partial charge in [-0.25, -0.2) is 4.79 Å². The topological polar surface area (TPSA) is 90.0 Å². The molecule has 1 aromatic rings. The van der Waals surface area contributed by atoms with Crippen LogP contribution < -0.4 is 5.32 Å². The van der Waals surface area contributed by atoms with E-state index in [-0.39, 0.29) is 35.4 Å². The van der Waals surface area contributed by atoms with Crippen molar-refractivity contribution in [2.45, 2.75) is 32.7 Å². The molecular weight excluding hydrogens is 334 g/mol. The van der Waals surface area contributed by atoms with Crippen LogP contribution >= 0.6 is 0 Å². The van der Waals surface area contributed by atoms with Crippen LogP contribution in [0, 0.1) is 5.92 Å². The van der Waals surface area contributed by atoms with Gasteiger partial charge in [0.1, 0.15) is 0 Å². The maximum absolute atomic E-state index is 12.2. The first-order valence-electron chi connectivity index (χ1n) is 8.68. The summed E-state index contributed by atoms with van der Waals surface area (Å²) < 4.78 is 0. The highest BCUT2D eigenvalue weighted by atomic mass is 16.4. The van der Waals surface area contributed by atoms with Crippen molar-refractivity contribution < 1.29 is 19.5 Å². The number of carboxylic acids is 1. The number of amides is 2. The molecule has 0 aromatic heterocycles. The molecule has 1 saturated heterocycles. The van der Waals surface area contributed by atoms with E-state index >= 15 is 0 Å². The molecule has 2 amide bonds. The Kier molecular flexibility index (Phi) is 6.02. The summed E-state index contributed by atoms with van der Waals surface area (Å²) in [4.78, 5) is 39.1. The van der Waals surface area contributed by atoms with Crippen LogP contribution in [0.1, 0.15) is 37.6 Å². The molecule has 0 spiro atoms. The summed E-state index contributed by atoms with van der Waals surface area (Å²) in [6.07, 6.45) is 0.504. The number of anilines is 1. The normalized spacial score (nSPS) is 17.7. The summed E-state index contributed by atoms with van der Waals surface area (Å²) in [5.74, 6) is -0.889. The smallest absolute Gasteiger partial charge is 0.335 e. The van der Waals surface area contributed by atoms with E-state index < -0.39 is 5.97 Å². The lowest BCUT2D eigenvalue weighted by Gasteiger charge is -2.32. The van der Waals surface area contributed by atoms with E-state index in [0.29, 0.717) is 25.2 Å². The van der Waals surface area contributed by atoms with Crippen molar-refractivity contribution >= 4 is 23.5 Å². The molecule has 1 aromatic carbocycles. The lowest BCUT2D eigenvalue weighted by atomic mass is 10.1. The predicted octanol–water partition coefficient (Wildman–Crippen LogP) is 1.90. The Morgan fingerprint density at radius 2 is 2.04 bits per heavy atom. The second-order valence-corrected chi connectivity index (χ2v) is 7.88. The van der Waals surface area contributed by atoms with Crippen LogP contribution in [0.5, 0.6) is 0 Å². The van der Waals surface area contributed by atoms with E-state index in [4.69, 9.17) is 5.11 Å². The third kappa shape index (κ3) is 5.29. The predicted molar refractivity (Wildman–Crippen MR) is 99.1 cm³/mol. The van der Waals surface area contributed by atoms with Crippen LogP contribution in [0.2, 0.25) is 0 Å². The molecule has 0 aliphatic carbocycles. The second-order valence-electron chi connectivity index (χ2n) is 7.88. The molecule has 2 N–H and O–H groups in total. The van der Waals surface area contributed by atoms with E-state index in [1.54, 1.807) is 12.1 Å². The zero-order valence-corrected chi connectivity index (χ0v) is 15.8. The maximum atomic E-state index is 12.2. The van der Waals surface area contributed by atoms with Gasteiger partial charge in [0.15, 0.2) is 0 Å². The highest BCUT2D eigenvalue weighted by molar-refractivity contribution is 5.94. The number of hydrogen-bond donors (Lipinski definition) is 2. The molecule has 7 heteroatoms. The molecule has 0 unspecified atom stereocenters. The molecule has 142 valence electrons. The number of benzene rings is 1. The molecule has 0 radical (unpaired) electrons. The fourth-order valence-electron chi connectivity index (χ4n) is 3.23. The fourth-order valence-corrected chi connectivity index (χ4v) is 3.23. The van der Waals surface area contributed by atoms with Crippen LogP contribution in [0.4, 0.5) is 5.69 Å². The lowest BCUT2D eigenvalue weighted by molar-refractivity contribution is -0.131. The van der Waals surface area contributed by atoms with Crippen molar-refractivity contribution in [1.82, 2.24) is 9.80 Å². The summed E-state index contributed by atoms with van der Waals surface area (Å²) in [5, 5.41) is 11.7. The summed E-state index contributed by atoms with van der Waals surface area (Å²) in [7, 11) is 1.84. The van der Waals surface area contributed by atoms with Crippen LogP contribution in [-0.4, -0.2) is 64.9 Å². The van der Waals surface area contributed by atoms with Crippen LogP contribution in [0.25, 0.3) is 0 Å². The summed E-state index contributed by atoms with van der Waals surface area (Å²) in [5.41, 5.74) is 0.401. The van der Waals surface area contributed by atoms with Crippen LogP contribution in [0.15, 0.2) is 24.3 Å². The highest BCUT2D eigenvalue weighted by Crippen LogP contribution is 2.26. The van der Waals surface area contributed by atoms with Gasteiger partial charge < -0.3 is 15.3 Å². The van der Waals surface area contributed by atoms with Gasteiger partial charge in [0.25, 0.3) is 0 Å². The standard InChI is InChI=1S/C19H27N3O4/c1-19(2,3)22-11-13(8-17(22)24)10-21(4)12-16(23)20-15-7-5-6-14(9-15)18(25)26/h5-7,9,13H,8,10-12H2,1-4H3,(H,20,23)(H,25,26)/t13-/m0/s1. The Bertz CT molecular complexity index is 696. The van der Waals surface area contributed by atoms with Crippen molar-refractivity contribution in [3.63, 3.8) is 0 Å². The first-order chi connectivity index (χ1) is 12.1. The molecule has 1 fully saturated rings. The number of aromatic carboxylic acids is 1. The molecule has 1 atom stereocenters. The Balaban J connectivity index is 1.85. The molecule has 1 heterocycles. The van der Waals surface area contributed by atoms with Gasteiger partial charge in [0, 0.05) is 30.7 Å². The largest absolute Gasteiger partial charge is 0.478 e. The summed E-state index contributed by atoms with van der Waals surface area (Å²) in [6.45, 7) is 7.61. The number of rotatable bonds is 6. The van der Waals surface area contributed by atoms with E-state index in [1.807, 2.05) is 37.6 Å². The third-order valence-electron chi connectivity index (χ3n) is 4.39.